The van der Waals surface area contributed by atoms with E-state index in [0.29, 0.717) is 35.5 Å². The average molecular weight is 1450 g/mol. The number of aromatic nitrogens is 1. The molecule has 0 spiro atoms. The van der Waals surface area contributed by atoms with Crippen LogP contribution in [-0.2, 0) is 64.0 Å². The largest absolute Gasteiger partial charge is 0.458 e. The molecule has 3 aromatic carbocycles. The number of benzene rings is 4. The molecule has 4 saturated heterocycles. The third-order valence-electron chi connectivity index (χ3n) is 20.1. The highest BCUT2D eigenvalue weighted by atomic mass is 16.6. The summed E-state index contributed by atoms with van der Waals surface area (Å²) in [6.45, 7) is 18.4. The first kappa shape index (κ1) is 78.5. The van der Waals surface area contributed by atoms with Crippen molar-refractivity contribution in [1.82, 2.24) is 55.7 Å². The van der Waals surface area contributed by atoms with Crippen LogP contribution in [0, 0.1) is 37.5 Å². The number of likely N-dealkylation sites (N-methyl/N-ethyl adjacent to an activating group) is 4. The summed E-state index contributed by atoms with van der Waals surface area (Å²) >= 11 is 0. The molecule has 5 aliphatic heterocycles. The van der Waals surface area contributed by atoms with E-state index in [1.807, 2.05) is 24.3 Å². The van der Waals surface area contributed by atoms with E-state index in [2.05, 4.69) is 26.6 Å². The molecule has 30 nitrogen and oxygen atoms in total. The monoisotopic (exact) mass is 1450 g/mol. The zero-order chi connectivity index (χ0) is 77.1. The van der Waals surface area contributed by atoms with Crippen LogP contribution < -0.4 is 42.5 Å². The molecule has 6 aliphatic rings. The summed E-state index contributed by atoms with van der Waals surface area (Å²) in [7, 11) is 5.59. The van der Waals surface area contributed by atoms with Crippen LogP contribution in [0.15, 0.2) is 69.9 Å². The Balaban J connectivity index is 1.19. The van der Waals surface area contributed by atoms with E-state index in [1.54, 1.807) is 92.6 Å². The molecule has 1 aliphatic carbocycles. The number of ether oxygens (including phenoxy) is 3. The SMILES string of the molecule is Cc1c2oc3c(C)c(NCc4cccc(Oc5ccccc5)c4)cc(C(=O)N[C@@H]4C(=O)N[C@H](C(C)C)C(=O)N5CCC[C@@H]5C(=O)N(C)CC(=O)N(C)[C@@H](C(C)C)C(=O)O[C@@H]4C)c3nc-2c(C(=O)N[C@H]2C(=O)N[C@@H](C(C)C)C(=O)N3CCC[C@H]3C(=O)N(C)CC(=O)N(C)[C@H](C(C)C)C(=O)O[C@H]2C)c(N)c1=O. The molecule has 3 aromatic rings. The summed E-state index contributed by atoms with van der Waals surface area (Å²) in [5, 5.41) is 14.2. The summed E-state index contributed by atoms with van der Waals surface area (Å²) in [5.41, 5.74) is 4.24. The normalized spacial score (nSPS) is 24.0. The molecule has 0 saturated carbocycles. The molecule has 0 radical (unpaired) electrons. The molecule has 4 fully saturated rings. The number of nitrogens with zero attached hydrogens (tertiary/aromatic N) is 7. The van der Waals surface area contributed by atoms with Crippen molar-refractivity contribution in [3.63, 3.8) is 0 Å². The van der Waals surface area contributed by atoms with Crippen molar-refractivity contribution in [2.24, 2.45) is 23.7 Å². The molecule has 10 atom stereocenters. The van der Waals surface area contributed by atoms with E-state index >= 15 is 19.2 Å². The van der Waals surface area contributed by atoms with Crippen molar-refractivity contribution in [3.8, 4) is 23.0 Å². The lowest BCUT2D eigenvalue weighted by molar-refractivity contribution is -0.163. The second-order valence-electron chi connectivity index (χ2n) is 29.1. The van der Waals surface area contributed by atoms with Gasteiger partial charge >= 0.3 is 11.9 Å². The first-order valence-corrected chi connectivity index (χ1v) is 35.5. The number of anilines is 2. The number of cyclic esters (lactones) is 2. The Hall–Kier alpha value is -10.7. The van der Waals surface area contributed by atoms with Gasteiger partial charge in [0.25, 0.3) is 11.8 Å². The first-order valence-electron chi connectivity index (χ1n) is 35.5. The third kappa shape index (κ3) is 16.6. The highest BCUT2D eigenvalue weighted by Crippen LogP contribution is 2.38. The minimum absolute atomic E-state index is 0.0822. The van der Waals surface area contributed by atoms with Gasteiger partial charge in [-0.2, -0.15) is 0 Å². The number of nitrogens with one attached hydrogen (secondary N) is 5. The van der Waals surface area contributed by atoms with Gasteiger partial charge in [-0.3, -0.25) is 52.7 Å². The van der Waals surface area contributed by atoms with Crippen LogP contribution in [0.25, 0.3) is 22.6 Å². The maximum absolute atomic E-state index is 15.9. The number of hydrogen-bond acceptors (Lipinski definition) is 20. The minimum atomic E-state index is -1.93. The second-order valence-corrected chi connectivity index (χ2v) is 29.1. The topological polar surface area (TPSA) is 381 Å². The number of aryl methyl sites for hydroxylation is 1. The first-order chi connectivity index (χ1) is 49.5. The quantitative estimate of drug-likeness (QED) is 0.0548. The molecule has 0 aromatic heterocycles. The van der Waals surface area contributed by atoms with E-state index in [1.165, 1.54) is 74.6 Å². The van der Waals surface area contributed by atoms with E-state index in [9.17, 15) is 43.2 Å². The summed E-state index contributed by atoms with van der Waals surface area (Å²) in [6, 6.07) is 6.62. The van der Waals surface area contributed by atoms with Crippen molar-refractivity contribution in [2.75, 3.05) is 65.4 Å². The van der Waals surface area contributed by atoms with Gasteiger partial charge in [-0.05, 0) is 113 Å². The summed E-state index contributed by atoms with van der Waals surface area (Å²) < 4.78 is 25.0. The second kappa shape index (κ2) is 32.5. The van der Waals surface area contributed by atoms with Crippen LogP contribution >= 0.6 is 0 Å². The third-order valence-corrected chi connectivity index (χ3v) is 20.1. The fourth-order valence-electron chi connectivity index (χ4n) is 14.1. The number of nitrogens with two attached hydrogens (primary N) is 1. The van der Waals surface area contributed by atoms with Crippen LogP contribution in [-0.4, -0.2) is 220 Å². The van der Waals surface area contributed by atoms with Crippen LogP contribution in [0.5, 0.6) is 11.5 Å². The van der Waals surface area contributed by atoms with Gasteiger partial charge in [0.2, 0.25) is 52.7 Å². The molecule has 30 heteroatoms. The van der Waals surface area contributed by atoms with Crippen molar-refractivity contribution in [1.29, 1.82) is 0 Å². The minimum Gasteiger partial charge on any atom is -0.458 e. The summed E-state index contributed by atoms with van der Waals surface area (Å²) in [6.07, 6.45) is -1.83. The molecule has 7 N–H and O–H groups in total. The molecule has 9 rings (SSSR count). The predicted octanol–water partition coefficient (Wildman–Crippen LogP) is 4.13. The zero-order valence-electron chi connectivity index (χ0n) is 62.4. The van der Waals surface area contributed by atoms with Gasteiger partial charge in [-0.1, -0.05) is 85.7 Å². The predicted molar refractivity (Wildman–Crippen MR) is 386 cm³/mol. The standard InChI is InChI=1S/C75H97N13O17/c1-36(2)55-72(98)87-29-21-27-49(87)70(96)83(13)34-51(89)85(15)61(38(5)6)74(100)102-42(11)57(68(94)79-55)81-66(92)47-32-48(77-33-44-23-20-26-46(31-44)104-45-24-18-17-19-25-45)40(9)64-59(47)78-60-53(54(76)63(91)41(10)65(60)105-64)67(93)82-58-43(12)103-75(101)62(39(7)8)86(16)52(90)35-84(14)71(97)50-28-22-30-88(50)73(99)56(37(3)4)80-69(58)95/h17-20,23-26,31-32,36-39,42-43,49-50,55-58,61-62,77H,21-22,27-30,33-35,76H2,1-16H3,(H,79,94)(H,80,95)(H,81,92)(H,82,93)/t42-,43+,49-,50+,55-,56+,57+,58-,61+,62-/m1/s1. The lowest BCUT2D eigenvalue weighted by Crippen LogP contribution is -2.61. The zero-order valence-corrected chi connectivity index (χ0v) is 62.4. The molecule has 0 unspecified atom stereocenters. The molecule has 0 bridgehead atoms. The molecule has 105 heavy (non-hydrogen) atoms. The maximum atomic E-state index is 15.9. The van der Waals surface area contributed by atoms with Gasteiger partial charge in [-0.25, -0.2) is 14.6 Å². The number of carbonyl (C=O) groups excluding carboxylic acids is 12. The van der Waals surface area contributed by atoms with Gasteiger partial charge in [0.05, 0.1) is 29.9 Å². The Morgan fingerprint density at radius 1 is 0.610 bits per heavy atom. The Morgan fingerprint density at radius 2 is 1.09 bits per heavy atom. The number of rotatable bonds is 13. The van der Waals surface area contributed by atoms with Crippen LogP contribution in [0.4, 0.5) is 11.4 Å². The van der Waals surface area contributed by atoms with Gasteiger partial charge in [0.1, 0.15) is 83.3 Å². The smallest absolute Gasteiger partial charge is 0.329 e. The van der Waals surface area contributed by atoms with Gasteiger partial charge < -0.3 is 80.3 Å². The average Bonchev–Trinajstić information content (AvgIpc) is 1.42. The van der Waals surface area contributed by atoms with Crippen molar-refractivity contribution in [3.05, 3.63) is 98.7 Å². The van der Waals surface area contributed by atoms with E-state index in [0.717, 1.165) is 9.80 Å². The van der Waals surface area contributed by atoms with Gasteiger partial charge in [0.15, 0.2) is 11.3 Å². The fourth-order valence-corrected chi connectivity index (χ4v) is 14.1. The lowest BCUT2D eigenvalue weighted by Gasteiger charge is -2.36. The molecular formula is C75H97N13O17. The fraction of sp³-hybridized carbons (Fsp3) is 0.520. The van der Waals surface area contributed by atoms with E-state index in [-0.39, 0.29) is 66.2 Å². The van der Waals surface area contributed by atoms with Crippen LogP contribution in [0.3, 0.4) is 0 Å². The number of amides is 10. The number of carbonyl (C=O) groups is 12. The maximum Gasteiger partial charge on any atom is 0.329 e. The summed E-state index contributed by atoms with van der Waals surface area (Å²) in [4.78, 5) is 203. The Morgan fingerprint density at radius 3 is 1.56 bits per heavy atom. The van der Waals surface area contributed by atoms with Crippen LogP contribution in [0.1, 0.15) is 132 Å². The summed E-state index contributed by atoms with van der Waals surface area (Å²) in [5.74, 6) is -11.7. The van der Waals surface area contributed by atoms with Gasteiger partial charge in [0, 0.05) is 64.6 Å². The highest BCUT2D eigenvalue weighted by molar-refractivity contribution is 6.11. The van der Waals surface area contributed by atoms with E-state index in [4.69, 9.17) is 29.3 Å². The van der Waals surface area contributed by atoms with Crippen molar-refractivity contribution in [2.45, 2.75) is 176 Å². The molecule has 5 heterocycles. The molecule has 564 valence electrons. The Labute approximate surface area is 609 Å². The molecular weight excluding hydrogens is 1350 g/mol. The van der Waals surface area contributed by atoms with E-state index < -0.39 is 191 Å². The highest BCUT2D eigenvalue weighted by Gasteiger charge is 2.47. The lowest BCUT2D eigenvalue weighted by atomic mass is 9.98. The number of nitrogen functional groups attached to an aromatic ring is 1. The number of esters is 2. The molecule has 10 amide bonds. The van der Waals surface area contributed by atoms with Crippen molar-refractivity contribution >= 4 is 93.5 Å². The van der Waals surface area contributed by atoms with Crippen molar-refractivity contribution < 1.29 is 76.2 Å². The Bertz CT molecular complexity index is 4250. The number of para-hydroxylation sites is 1. The van der Waals surface area contributed by atoms with Crippen LogP contribution in [0.2, 0.25) is 0 Å². The number of fused-ring (bicyclic) bond motifs is 4. The van der Waals surface area contributed by atoms with Gasteiger partial charge in [-0.15, -0.1) is 0 Å². The Kier molecular flexibility index (Phi) is 24.3. The number of hydrogen-bond donors (Lipinski definition) is 6.